The summed E-state index contributed by atoms with van der Waals surface area (Å²) < 4.78 is 0. The van der Waals surface area contributed by atoms with Gasteiger partial charge in [-0.2, -0.15) is 5.26 Å². The molecule has 1 unspecified atom stereocenters. The fourth-order valence-corrected chi connectivity index (χ4v) is 2.02. The highest BCUT2D eigenvalue weighted by atomic mass is 16.4. The van der Waals surface area contributed by atoms with Crippen LogP contribution in [0.4, 0.5) is 5.69 Å². The van der Waals surface area contributed by atoms with Crippen LogP contribution >= 0.6 is 0 Å². The third-order valence-electron chi connectivity index (χ3n) is 3.39. The van der Waals surface area contributed by atoms with E-state index in [-0.39, 0.29) is 12.3 Å². The molecule has 0 radical (unpaired) electrons. The van der Waals surface area contributed by atoms with E-state index < -0.39 is 11.4 Å². The average molecular weight is 244 g/mol. The number of nitriles is 1. The molecule has 1 aliphatic rings. The molecule has 18 heavy (non-hydrogen) atoms. The highest BCUT2D eigenvalue weighted by Crippen LogP contribution is 2.32. The fourth-order valence-electron chi connectivity index (χ4n) is 2.02. The quantitative estimate of drug-likeness (QED) is 0.843. The molecule has 1 heterocycles. The van der Waals surface area contributed by atoms with Crippen molar-refractivity contribution in [3.63, 3.8) is 0 Å². The molecule has 1 aromatic rings. The lowest BCUT2D eigenvalue weighted by Gasteiger charge is -2.18. The number of likely N-dealkylation sites (N-methyl/N-ethyl adjacent to an activating group) is 1. The summed E-state index contributed by atoms with van der Waals surface area (Å²) in [5, 5.41) is 18.2. The first-order valence-corrected chi connectivity index (χ1v) is 5.45. The number of aliphatic carboxylic acids is 1. The van der Waals surface area contributed by atoms with Crippen LogP contribution in [0.2, 0.25) is 0 Å². The minimum Gasteiger partial charge on any atom is -0.480 e. The molecule has 5 heteroatoms. The van der Waals surface area contributed by atoms with E-state index in [2.05, 4.69) is 0 Å². The van der Waals surface area contributed by atoms with Crippen molar-refractivity contribution in [3.8, 4) is 6.07 Å². The molecule has 0 bridgehead atoms. The van der Waals surface area contributed by atoms with Crippen LogP contribution in [0.1, 0.15) is 18.1 Å². The molecular weight excluding hydrogens is 232 g/mol. The first-order chi connectivity index (χ1) is 8.40. The van der Waals surface area contributed by atoms with E-state index in [1.54, 1.807) is 25.2 Å². The van der Waals surface area contributed by atoms with Crippen molar-refractivity contribution in [3.05, 3.63) is 29.3 Å². The van der Waals surface area contributed by atoms with Crippen LogP contribution in [0.5, 0.6) is 0 Å². The van der Waals surface area contributed by atoms with Crippen LogP contribution in [-0.2, 0) is 21.4 Å². The number of carbonyl (C=O) groups excluding carboxylic acids is 1. The molecule has 0 aromatic heterocycles. The molecule has 1 atom stereocenters. The maximum Gasteiger partial charge on any atom is 0.328 e. The van der Waals surface area contributed by atoms with E-state index >= 15 is 0 Å². The number of hydrogen-bond donors (Lipinski definition) is 1. The lowest BCUT2D eigenvalue weighted by atomic mass is 9.83. The molecule has 1 aliphatic heterocycles. The van der Waals surface area contributed by atoms with Gasteiger partial charge in [-0.1, -0.05) is 12.1 Å². The Balaban J connectivity index is 2.53. The van der Waals surface area contributed by atoms with Crippen LogP contribution < -0.4 is 4.90 Å². The first-order valence-electron chi connectivity index (χ1n) is 5.45. The number of fused-ring (bicyclic) bond motifs is 1. The Hall–Kier alpha value is -2.35. The van der Waals surface area contributed by atoms with Gasteiger partial charge >= 0.3 is 5.97 Å². The molecule has 0 fully saturated rings. The highest BCUT2D eigenvalue weighted by molar-refractivity contribution is 6.01. The van der Waals surface area contributed by atoms with Gasteiger partial charge in [-0.25, -0.2) is 0 Å². The molecule has 1 aromatic carbocycles. The topological polar surface area (TPSA) is 81.4 Å². The van der Waals surface area contributed by atoms with Crippen molar-refractivity contribution in [2.75, 3.05) is 11.9 Å². The van der Waals surface area contributed by atoms with Gasteiger partial charge in [0.1, 0.15) is 0 Å². The Kier molecular flexibility index (Phi) is 2.59. The van der Waals surface area contributed by atoms with Gasteiger partial charge in [0.2, 0.25) is 5.91 Å². The van der Waals surface area contributed by atoms with Gasteiger partial charge in [-0.15, -0.1) is 0 Å². The van der Waals surface area contributed by atoms with E-state index in [1.807, 2.05) is 6.07 Å². The maximum absolute atomic E-state index is 11.5. The van der Waals surface area contributed by atoms with Gasteiger partial charge in [-0.3, -0.25) is 9.59 Å². The number of carboxylic acid groups (broad SMARTS) is 1. The molecule has 0 aliphatic carbocycles. The van der Waals surface area contributed by atoms with Crippen molar-refractivity contribution in [1.29, 1.82) is 5.26 Å². The minimum atomic E-state index is -1.58. The second kappa shape index (κ2) is 3.84. The summed E-state index contributed by atoms with van der Waals surface area (Å²) in [5.41, 5.74) is 0.357. The van der Waals surface area contributed by atoms with E-state index in [4.69, 9.17) is 10.4 Å². The number of anilines is 1. The Labute approximate surface area is 104 Å². The molecule has 2 rings (SSSR count). The fraction of sp³-hybridized carbons (Fsp3) is 0.308. The molecular formula is C13H12N2O3. The van der Waals surface area contributed by atoms with Gasteiger partial charge < -0.3 is 10.0 Å². The monoisotopic (exact) mass is 244 g/mol. The van der Waals surface area contributed by atoms with E-state index in [0.29, 0.717) is 5.56 Å². The van der Waals surface area contributed by atoms with Gasteiger partial charge in [-0.05, 0) is 24.1 Å². The number of hydrogen-bond acceptors (Lipinski definition) is 3. The standard InChI is InChI=1S/C13H12N2O3/c1-13(7-14,12(17)18)9-3-4-10-8(5-9)6-11(16)15(10)2/h3-5H,6H2,1-2H3,(H,17,18). The van der Waals surface area contributed by atoms with Crippen LogP contribution in [0.3, 0.4) is 0 Å². The third-order valence-corrected chi connectivity index (χ3v) is 3.39. The number of benzene rings is 1. The third kappa shape index (κ3) is 1.54. The second-order valence-corrected chi connectivity index (χ2v) is 4.51. The Morgan fingerprint density at radius 1 is 1.56 bits per heavy atom. The summed E-state index contributed by atoms with van der Waals surface area (Å²) in [6.07, 6.45) is 0.251. The Morgan fingerprint density at radius 2 is 2.22 bits per heavy atom. The number of rotatable bonds is 2. The zero-order valence-electron chi connectivity index (χ0n) is 10.1. The van der Waals surface area contributed by atoms with Gasteiger partial charge in [0, 0.05) is 12.7 Å². The SMILES string of the molecule is CN1C(=O)Cc2cc(C(C)(C#N)C(=O)O)ccc21. The van der Waals surface area contributed by atoms with Gasteiger partial charge in [0.05, 0.1) is 12.5 Å². The summed E-state index contributed by atoms with van der Waals surface area (Å²) in [6.45, 7) is 1.36. The largest absolute Gasteiger partial charge is 0.480 e. The molecule has 1 amide bonds. The predicted molar refractivity (Wildman–Crippen MR) is 64.2 cm³/mol. The van der Waals surface area contributed by atoms with Crippen LogP contribution in [0, 0.1) is 11.3 Å². The molecule has 0 saturated carbocycles. The van der Waals surface area contributed by atoms with Crippen LogP contribution in [0.15, 0.2) is 18.2 Å². The minimum absolute atomic E-state index is 0.0314. The van der Waals surface area contributed by atoms with Crippen molar-refractivity contribution in [2.24, 2.45) is 0 Å². The molecule has 5 nitrogen and oxygen atoms in total. The van der Waals surface area contributed by atoms with E-state index in [1.165, 1.54) is 11.8 Å². The number of amides is 1. The van der Waals surface area contributed by atoms with Crippen molar-refractivity contribution in [1.82, 2.24) is 0 Å². The summed E-state index contributed by atoms with van der Waals surface area (Å²) >= 11 is 0. The zero-order valence-corrected chi connectivity index (χ0v) is 10.1. The molecule has 0 spiro atoms. The number of carbonyl (C=O) groups is 2. The first kappa shape index (κ1) is 12.1. The number of carboxylic acids is 1. The molecule has 1 N–H and O–H groups in total. The van der Waals surface area contributed by atoms with E-state index in [9.17, 15) is 9.59 Å². The van der Waals surface area contributed by atoms with Crippen LogP contribution in [-0.4, -0.2) is 24.0 Å². The van der Waals surface area contributed by atoms with Gasteiger partial charge in [0.25, 0.3) is 0 Å². The zero-order chi connectivity index (χ0) is 13.5. The normalized spacial score (nSPS) is 16.9. The highest BCUT2D eigenvalue weighted by Gasteiger charge is 2.37. The predicted octanol–water partition coefficient (Wildman–Crippen LogP) is 1.07. The summed E-state index contributed by atoms with van der Waals surface area (Å²) in [7, 11) is 1.68. The number of nitrogens with zero attached hydrogens (tertiary/aromatic N) is 2. The average Bonchev–Trinajstić information content (AvgIpc) is 2.63. The maximum atomic E-state index is 11.5. The van der Waals surface area contributed by atoms with Crippen LogP contribution in [0.25, 0.3) is 0 Å². The van der Waals surface area contributed by atoms with Crippen molar-refractivity contribution in [2.45, 2.75) is 18.8 Å². The Bertz CT molecular complexity index is 588. The lowest BCUT2D eigenvalue weighted by Crippen LogP contribution is -2.30. The Morgan fingerprint density at radius 3 is 2.78 bits per heavy atom. The van der Waals surface area contributed by atoms with Crippen molar-refractivity contribution < 1.29 is 14.7 Å². The smallest absolute Gasteiger partial charge is 0.328 e. The van der Waals surface area contributed by atoms with E-state index in [0.717, 1.165) is 11.3 Å². The summed E-state index contributed by atoms with van der Waals surface area (Å²) in [4.78, 5) is 24.3. The molecule has 92 valence electrons. The second-order valence-electron chi connectivity index (χ2n) is 4.51. The molecule has 0 saturated heterocycles. The summed E-state index contributed by atoms with van der Waals surface area (Å²) in [6, 6.07) is 6.72. The van der Waals surface area contributed by atoms with Gasteiger partial charge in [0.15, 0.2) is 5.41 Å². The van der Waals surface area contributed by atoms with Crippen molar-refractivity contribution >= 4 is 17.6 Å². The summed E-state index contributed by atoms with van der Waals surface area (Å²) in [5.74, 6) is -1.22. The lowest BCUT2D eigenvalue weighted by molar-refractivity contribution is -0.141.